The van der Waals surface area contributed by atoms with E-state index >= 15 is 0 Å². The number of hydrogen-bond acceptors (Lipinski definition) is 4. The van der Waals surface area contributed by atoms with E-state index in [0.29, 0.717) is 6.42 Å². The third-order valence-corrected chi connectivity index (χ3v) is 3.20. The maximum Gasteiger partial charge on any atom is 0.328 e. The lowest BCUT2D eigenvalue weighted by Gasteiger charge is -2.31. The summed E-state index contributed by atoms with van der Waals surface area (Å²) in [6.07, 6.45) is 9.43. The number of allylic oxidation sites excluding steroid dienone is 4. The molecule has 0 aromatic carbocycles. The molecule has 1 rings (SSSR count). The zero-order valence-corrected chi connectivity index (χ0v) is 12.3. The van der Waals surface area contributed by atoms with Crippen LogP contribution in [0.4, 0.5) is 0 Å². The van der Waals surface area contributed by atoms with Gasteiger partial charge in [-0.1, -0.05) is 24.3 Å². The van der Waals surface area contributed by atoms with Gasteiger partial charge in [0.25, 0.3) is 0 Å². The smallest absolute Gasteiger partial charge is 0.328 e. The summed E-state index contributed by atoms with van der Waals surface area (Å²) in [6.45, 7) is 3.68. The molecule has 0 unspecified atom stereocenters. The van der Waals surface area contributed by atoms with E-state index in [1.54, 1.807) is 0 Å². The van der Waals surface area contributed by atoms with Crippen molar-refractivity contribution in [3.8, 4) is 0 Å². The second-order valence-corrected chi connectivity index (χ2v) is 4.80. The molecule has 0 spiro atoms. The molecule has 0 fully saturated rings. The van der Waals surface area contributed by atoms with Crippen LogP contribution in [-0.2, 0) is 19.1 Å². The first-order chi connectivity index (χ1) is 9.48. The molecule has 0 saturated carbocycles. The summed E-state index contributed by atoms with van der Waals surface area (Å²) < 4.78 is 9.69. The molecule has 4 heteroatoms. The quantitative estimate of drug-likeness (QED) is 0.450. The largest absolute Gasteiger partial charge is 0.468 e. The minimum atomic E-state index is -1.50. The average Bonchev–Trinajstić information content (AvgIpc) is 2.47. The highest BCUT2D eigenvalue weighted by atomic mass is 16.5. The Hall–Kier alpha value is -2.06. The molecule has 1 aliphatic rings. The first kappa shape index (κ1) is 16.0. The van der Waals surface area contributed by atoms with E-state index in [4.69, 9.17) is 9.47 Å². The van der Waals surface area contributed by atoms with Crippen molar-refractivity contribution < 1.29 is 19.1 Å². The number of methoxy groups -OCH3 is 2. The summed E-state index contributed by atoms with van der Waals surface area (Å²) in [5.74, 6) is -1.62. The SMILES string of the molecule is COC(=O)C(C=C=C(C)C)(C(=O)OC)[C@@H]1C=CC=CC1. The monoisotopic (exact) mass is 276 g/mol. The minimum absolute atomic E-state index is 0.348. The lowest BCUT2D eigenvalue weighted by Crippen LogP contribution is -2.45. The molecular formula is C16H20O4. The lowest BCUT2D eigenvalue weighted by atomic mass is 9.72. The van der Waals surface area contributed by atoms with Crippen LogP contribution >= 0.6 is 0 Å². The molecule has 20 heavy (non-hydrogen) atoms. The summed E-state index contributed by atoms with van der Waals surface area (Å²) in [7, 11) is 2.53. The van der Waals surface area contributed by atoms with Crippen LogP contribution in [0.25, 0.3) is 0 Å². The predicted octanol–water partition coefficient (Wildman–Crippen LogP) is 2.57. The maximum atomic E-state index is 12.3. The zero-order valence-electron chi connectivity index (χ0n) is 12.3. The molecule has 0 aliphatic heterocycles. The Morgan fingerprint density at radius 1 is 1.20 bits per heavy atom. The van der Waals surface area contributed by atoms with E-state index in [0.717, 1.165) is 5.57 Å². The van der Waals surface area contributed by atoms with Gasteiger partial charge in [-0.15, -0.1) is 5.73 Å². The number of rotatable bonds is 4. The third-order valence-electron chi connectivity index (χ3n) is 3.20. The van der Waals surface area contributed by atoms with Gasteiger partial charge in [-0.2, -0.15) is 0 Å². The Kier molecular flexibility index (Phi) is 5.53. The second kappa shape index (κ2) is 6.92. The number of carbonyl (C=O) groups excluding carboxylic acids is 2. The van der Waals surface area contributed by atoms with Gasteiger partial charge in [0.15, 0.2) is 5.41 Å². The minimum Gasteiger partial charge on any atom is -0.468 e. The molecule has 0 saturated heterocycles. The van der Waals surface area contributed by atoms with Crippen molar-refractivity contribution in [3.63, 3.8) is 0 Å². The molecule has 0 heterocycles. The van der Waals surface area contributed by atoms with Crippen LogP contribution in [0.2, 0.25) is 0 Å². The Labute approximate surface area is 119 Å². The van der Waals surface area contributed by atoms with Crippen molar-refractivity contribution in [1.82, 2.24) is 0 Å². The van der Waals surface area contributed by atoms with Crippen molar-refractivity contribution in [2.45, 2.75) is 20.3 Å². The molecule has 0 aromatic rings. The first-order valence-corrected chi connectivity index (χ1v) is 6.40. The highest BCUT2D eigenvalue weighted by Crippen LogP contribution is 2.37. The van der Waals surface area contributed by atoms with Gasteiger partial charge >= 0.3 is 11.9 Å². The zero-order chi connectivity index (χ0) is 15.2. The molecule has 0 radical (unpaired) electrons. The third kappa shape index (κ3) is 3.09. The van der Waals surface area contributed by atoms with Gasteiger partial charge in [0.1, 0.15) is 0 Å². The molecule has 0 N–H and O–H groups in total. The van der Waals surface area contributed by atoms with Gasteiger partial charge < -0.3 is 9.47 Å². The Morgan fingerprint density at radius 3 is 2.20 bits per heavy atom. The fourth-order valence-corrected chi connectivity index (χ4v) is 2.13. The van der Waals surface area contributed by atoms with E-state index in [1.807, 2.05) is 38.2 Å². The van der Waals surface area contributed by atoms with Crippen LogP contribution in [-0.4, -0.2) is 26.2 Å². The van der Waals surface area contributed by atoms with E-state index in [2.05, 4.69) is 5.73 Å². The Bertz CT molecular complexity index is 485. The first-order valence-electron chi connectivity index (χ1n) is 6.40. The van der Waals surface area contributed by atoms with Crippen LogP contribution < -0.4 is 0 Å². The highest BCUT2D eigenvalue weighted by Gasteiger charge is 2.51. The van der Waals surface area contributed by atoms with Crippen LogP contribution in [0.15, 0.2) is 41.7 Å². The summed E-state index contributed by atoms with van der Waals surface area (Å²) >= 11 is 0. The van der Waals surface area contributed by atoms with Gasteiger partial charge in [-0.3, -0.25) is 9.59 Å². The van der Waals surface area contributed by atoms with E-state index < -0.39 is 17.4 Å². The molecule has 1 aliphatic carbocycles. The number of carbonyl (C=O) groups is 2. The topological polar surface area (TPSA) is 52.6 Å². The molecule has 0 bridgehead atoms. The van der Waals surface area contributed by atoms with Crippen molar-refractivity contribution >= 4 is 11.9 Å². The van der Waals surface area contributed by atoms with Crippen LogP contribution in [0, 0.1) is 11.3 Å². The average molecular weight is 276 g/mol. The number of ether oxygens (including phenoxy) is 2. The molecule has 108 valence electrons. The fourth-order valence-electron chi connectivity index (χ4n) is 2.13. The summed E-state index contributed by atoms with van der Waals surface area (Å²) in [6, 6.07) is 0. The molecule has 4 nitrogen and oxygen atoms in total. The highest BCUT2D eigenvalue weighted by molar-refractivity contribution is 6.03. The Balaban J connectivity index is 3.44. The normalized spacial score (nSPS) is 17.1. The van der Waals surface area contributed by atoms with Crippen molar-refractivity contribution in [3.05, 3.63) is 41.7 Å². The van der Waals surface area contributed by atoms with E-state index in [-0.39, 0.29) is 5.92 Å². The molecule has 1 atom stereocenters. The maximum absolute atomic E-state index is 12.3. The molecule has 0 aromatic heterocycles. The summed E-state index contributed by atoms with van der Waals surface area (Å²) in [5.41, 5.74) is 2.31. The Morgan fingerprint density at radius 2 is 1.80 bits per heavy atom. The molecule has 0 amide bonds. The van der Waals surface area contributed by atoms with Crippen LogP contribution in [0.1, 0.15) is 20.3 Å². The van der Waals surface area contributed by atoms with Crippen molar-refractivity contribution in [2.24, 2.45) is 11.3 Å². The van der Waals surface area contributed by atoms with E-state index in [9.17, 15) is 9.59 Å². The lowest BCUT2D eigenvalue weighted by molar-refractivity contribution is -0.167. The standard InChI is InChI=1S/C16H20O4/c1-12(2)10-11-16(14(17)19-3,15(18)20-4)13-8-6-5-7-9-13/h5-8,11,13H,9H2,1-4H3/t13-/m1/s1. The van der Waals surface area contributed by atoms with Crippen molar-refractivity contribution in [2.75, 3.05) is 14.2 Å². The summed E-state index contributed by atoms with van der Waals surface area (Å²) in [5, 5.41) is 0. The van der Waals surface area contributed by atoms with Gasteiger partial charge in [0.05, 0.1) is 14.2 Å². The van der Waals surface area contributed by atoms with Gasteiger partial charge in [0.2, 0.25) is 0 Å². The van der Waals surface area contributed by atoms with Crippen LogP contribution in [0.5, 0.6) is 0 Å². The van der Waals surface area contributed by atoms with Gasteiger partial charge in [-0.25, -0.2) is 0 Å². The number of esters is 2. The van der Waals surface area contributed by atoms with Crippen LogP contribution in [0.3, 0.4) is 0 Å². The summed E-state index contributed by atoms with van der Waals surface area (Å²) in [4.78, 5) is 24.6. The van der Waals surface area contributed by atoms with E-state index in [1.165, 1.54) is 20.3 Å². The van der Waals surface area contributed by atoms with Crippen molar-refractivity contribution in [1.29, 1.82) is 0 Å². The number of hydrogen-bond donors (Lipinski definition) is 0. The fraction of sp³-hybridized carbons (Fsp3) is 0.438. The predicted molar refractivity (Wildman–Crippen MR) is 75.8 cm³/mol. The van der Waals surface area contributed by atoms with Gasteiger partial charge in [0, 0.05) is 5.92 Å². The van der Waals surface area contributed by atoms with Gasteiger partial charge in [-0.05, 0) is 31.9 Å². The molecular weight excluding hydrogens is 256 g/mol. The second-order valence-electron chi connectivity index (χ2n) is 4.80.